The molecule has 0 saturated carbocycles. The second kappa shape index (κ2) is 9.56. The molecule has 2 rings (SSSR count). The van der Waals surface area contributed by atoms with E-state index in [1.165, 1.54) is 11.8 Å². The number of rotatable bonds is 8. The number of aromatic amines is 1. The second-order valence-electron chi connectivity index (χ2n) is 6.96. The average Bonchev–Trinajstić information content (AvgIpc) is 2.96. The van der Waals surface area contributed by atoms with Gasteiger partial charge in [0.1, 0.15) is 15.5 Å². The molecule has 9 heteroatoms. The lowest BCUT2D eigenvalue weighted by molar-refractivity contribution is -0.119. The van der Waals surface area contributed by atoms with Crippen molar-refractivity contribution in [3.8, 4) is 0 Å². The molecule has 2 aromatic rings. The van der Waals surface area contributed by atoms with Crippen LogP contribution in [0.5, 0.6) is 0 Å². The summed E-state index contributed by atoms with van der Waals surface area (Å²) in [6, 6.07) is 0.105. The van der Waals surface area contributed by atoms with Crippen LogP contribution in [0.3, 0.4) is 0 Å². The highest BCUT2D eigenvalue weighted by atomic mass is 32.2. The van der Waals surface area contributed by atoms with Gasteiger partial charge in [-0.1, -0.05) is 13.8 Å². The minimum Gasteiger partial charge on any atom is -0.462 e. The molecular weight excluding hydrogens is 398 g/mol. The first-order chi connectivity index (χ1) is 13.1. The molecule has 2 atom stereocenters. The van der Waals surface area contributed by atoms with E-state index in [1.54, 1.807) is 13.8 Å². The molecule has 1 amide bonds. The molecule has 0 aliphatic heterocycles. The number of H-pyrrole nitrogens is 1. The maximum Gasteiger partial charge on any atom is 0.348 e. The number of thiophene rings is 1. The predicted molar refractivity (Wildman–Crippen MR) is 114 cm³/mol. The van der Waals surface area contributed by atoms with Crippen LogP contribution in [0, 0.1) is 12.8 Å². The molecule has 7 nitrogen and oxygen atoms in total. The lowest BCUT2D eigenvalue weighted by atomic mass is 10.1. The van der Waals surface area contributed by atoms with E-state index < -0.39 is 5.97 Å². The van der Waals surface area contributed by atoms with E-state index in [0.29, 0.717) is 32.4 Å². The Morgan fingerprint density at radius 3 is 2.57 bits per heavy atom. The Hall–Kier alpha value is -1.87. The van der Waals surface area contributed by atoms with Crippen LogP contribution in [0.1, 0.15) is 60.9 Å². The Balaban J connectivity index is 2.17. The first kappa shape index (κ1) is 22.4. The monoisotopic (exact) mass is 425 g/mol. The first-order valence-corrected chi connectivity index (χ1v) is 11.1. The van der Waals surface area contributed by atoms with Gasteiger partial charge in [0.05, 0.1) is 23.0 Å². The predicted octanol–water partition coefficient (Wildman–Crippen LogP) is 3.42. The number of esters is 1. The number of aromatic nitrogens is 2. The Morgan fingerprint density at radius 2 is 1.96 bits per heavy atom. The third-order valence-corrected chi connectivity index (χ3v) is 6.84. The van der Waals surface area contributed by atoms with E-state index in [1.807, 2.05) is 13.8 Å². The van der Waals surface area contributed by atoms with Crippen LogP contribution >= 0.6 is 23.1 Å². The first-order valence-electron chi connectivity index (χ1n) is 9.27. The summed E-state index contributed by atoms with van der Waals surface area (Å²) in [6.07, 6.45) is 0. The summed E-state index contributed by atoms with van der Waals surface area (Å²) in [5, 5.41) is 3.20. The van der Waals surface area contributed by atoms with Crippen LogP contribution in [0.2, 0.25) is 0 Å². The molecule has 2 N–H and O–H groups in total. The van der Waals surface area contributed by atoms with Gasteiger partial charge in [0.15, 0.2) is 0 Å². The normalized spacial score (nSPS) is 13.5. The zero-order valence-electron chi connectivity index (χ0n) is 17.0. The minimum atomic E-state index is -0.442. The fraction of sp³-hybridized carbons (Fsp3) is 0.579. The highest BCUT2D eigenvalue weighted by Gasteiger charge is 2.22. The maximum atomic E-state index is 12.5. The Morgan fingerprint density at radius 1 is 1.29 bits per heavy atom. The van der Waals surface area contributed by atoms with Crippen molar-refractivity contribution in [2.75, 3.05) is 12.4 Å². The van der Waals surface area contributed by atoms with Crippen LogP contribution < -0.4 is 10.9 Å². The molecule has 0 aliphatic rings. The summed E-state index contributed by atoms with van der Waals surface area (Å²) >= 11 is 2.56. The molecule has 0 aliphatic carbocycles. The fourth-order valence-corrected chi connectivity index (χ4v) is 4.32. The molecule has 28 heavy (non-hydrogen) atoms. The van der Waals surface area contributed by atoms with Crippen molar-refractivity contribution in [1.29, 1.82) is 0 Å². The van der Waals surface area contributed by atoms with Gasteiger partial charge in [-0.15, -0.1) is 23.1 Å². The topological polar surface area (TPSA) is 101 Å². The number of carbonyl (C=O) groups excluding carboxylic acids is 2. The van der Waals surface area contributed by atoms with Crippen molar-refractivity contribution in [3.63, 3.8) is 0 Å². The molecule has 0 radical (unpaired) electrons. The molecule has 2 aromatic heterocycles. The number of hydrogen-bond donors (Lipinski definition) is 2. The number of fused-ring (bicyclic) bond motifs is 1. The third-order valence-electron chi connectivity index (χ3n) is 4.52. The Bertz CT molecular complexity index is 920. The summed E-state index contributed by atoms with van der Waals surface area (Å²) in [5.41, 5.74) is 0.302. The van der Waals surface area contributed by atoms with Gasteiger partial charge in [-0.05, 0) is 39.2 Å². The van der Waals surface area contributed by atoms with Crippen molar-refractivity contribution in [1.82, 2.24) is 15.3 Å². The van der Waals surface area contributed by atoms with Crippen LogP contribution in [-0.4, -0.2) is 40.2 Å². The van der Waals surface area contributed by atoms with Gasteiger partial charge in [-0.25, -0.2) is 9.78 Å². The smallest absolute Gasteiger partial charge is 0.348 e. The summed E-state index contributed by atoms with van der Waals surface area (Å²) in [7, 11) is 0. The summed E-state index contributed by atoms with van der Waals surface area (Å²) in [5.74, 6) is 0.643. The zero-order chi connectivity index (χ0) is 21.0. The quantitative estimate of drug-likeness (QED) is 0.629. The molecule has 154 valence electrons. The van der Waals surface area contributed by atoms with Crippen LogP contribution in [0.15, 0.2) is 4.79 Å². The van der Waals surface area contributed by atoms with E-state index in [9.17, 15) is 14.4 Å². The van der Waals surface area contributed by atoms with E-state index in [2.05, 4.69) is 29.1 Å². The number of aryl methyl sites for hydroxylation is 1. The number of nitrogens with zero attached hydrogens (tertiary/aromatic N) is 1. The van der Waals surface area contributed by atoms with Crippen LogP contribution in [-0.2, 0) is 9.53 Å². The van der Waals surface area contributed by atoms with Crippen molar-refractivity contribution in [2.24, 2.45) is 5.92 Å². The molecular formula is C19H27N3O4S2. The Kier molecular flexibility index (Phi) is 7.65. The summed E-state index contributed by atoms with van der Waals surface area (Å²) < 4.78 is 5.05. The van der Waals surface area contributed by atoms with Crippen molar-refractivity contribution in [2.45, 2.75) is 52.8 Å². The zero-order valence-corrected chi connectivity index (χ0v) is 18.7. The fourth-order valence-electron chi connectivity index (χ4n) is 2.49. The standard InChI is InChI=1S/C19H27N3O4S2/c1-7-26-19(25)15-10(4)14-17(24)21-16(22-18(14)28-15)12(6)27-8-13(23)20-11(5)9(2)3/h9,11-12H,7-8H2,1-6H3,(H,20,23)(H,21,22,24)/t11-,12+/m0/s1. The highest BCUT2D eigenvalue weighted by molar-refractivity contribution is 8.00. The maximum absolute atomic E-state index is 12.5. The van der Waals surface area contributed by atoms with E-state index in [0.717, 1.165) is 11.3 Å². The van der Waals surface area contributed by atoms with Gasteiger partial charge in [0.2, 0.25) is 5.91 Å². The van der Waals surface area contributed by atoms with Crippen LogP contribution in [0.25, 0.3) is 10.2 Å². The van der Waals surface area contributed by atoms with Crippen LogP contribution in [0.4, 0.5) is 0 Å². The molecule has 0 spiro atoms. The number of nitrogens with one attached hydrogen (secondary N) is 2. The molecule has 0 saturated heterocycles. The molecule has 0 fully saturated rings. The van der Waals surface area contributed by atoms with E-state index in [4.69, 9.17) is 4.74 Å². The SMILES string of the molecule is CCOC(=O)c1sc2nc([C@@H](C)SCC(=O)N[C@@H](C)C(C)C)[nH]c(=O)c2c1C. The molecule has 0 bridgehead atoms. The van der Waals surface area contributed by atoms with Gasteiger partial charge in [-0.3, -0.25) is 9.59 Å². The molecule has 0 aromatic carbocycles. The average molecular weight is 426 g/mol. The third kappa shape index (κ3) is 5.14. The van der Waals surface area contributed by atoms with Crippen molar-refractivity contribution in [3.05, 3.63) is 26.6 Å². The Labute approximate surface area is 172 Å². The minimum absolute atomic E-state index is 0.0435. The number of ether oxygens (including phenoxy) is 1. The van der Waals surface area contributed by atoms with Gasteiger partial charge < -0.3 is 15.0 Å². The van der Waals surface area contributed by atoms with Gasteiger partial charge in [0.25, 0.3) is 5.56 Å². The molecule has 2 heterocycles. The second-order valence-corrected chi connectivity index (χ2v) is 9.29. The van der Waals surface area contributed by atoms with Gasteiger partial charge >= 0.3 is 5.97 Å². The number of thioether (sulfide) groups is 1. The van der Waals surface area contributed by atoms with Gasteiger partial charge in [0, 0.05) is 6.04 Å². The largest absolute Gasteiger partial charge is 0.462 e. The van der Waals surface area contributed by atoms with Crippen molar-refractivity contribution < 1.29 is 14.3 Å². The lowest BCUT2D eigenvalue weighted by Crippen LogP contribution is -2.37. The van der Waals surface area contributed by atoms with Gasteiger partial charge in [-0.2, -0.15) is 0 Å². The van der Waals surface area contributed by atoms with E-state index >= 15 is 0 Å². The molecule has 0 unspecified atom stereocenters. The van der Waals surface area contributed by atoms with E-state index in [-0.39, 0.29) is 35.1 Å². The number of hydrogen-bond acceptors (Lipinski definition) is 7. The summed E-state index contributed by atoms with van der Waals surface area (Å²) in [4.78, 5) is 44.9. The highest BCUT2D eigenvalue weighted by Crippen LogP contribution is 2.30. The number of carbonyl (C=O) groups is 2. The lowest BCUT2D eigenvalue weighted by Gasteiger charge is -2.18. The number of amides is 1. The van der Waals surface area contributed by atoms with Crippen molar-refractivity contribution >= 4 is 45.2 Å². The summed E-state index contributed by atoms with van der Waals surface area (Å²) in [6.45, 7) is 11.7.